The number of benzene rings is 1. The summed E-state index contributed by atoms with van der Waals surface area (Å²) in [5, 5.41) is 21.6. The zero-order valence-corrected chi connectivity index (χ0v) is 12.8. The maximum Gasteiger partial charge on any atom is 0.316 e. The highest BCUT2D eigenvalue weighted by molar-refractivity contribution is 8.00. The second-order valence-corrected chi connectivity index (χ2v) is 5.79. The molecule has 0 N–H and O–H groups in total. The number of esters is 1. The van der Waals surface area contributed by atoms with E-state index in [2.05, 4.69) is 0 Å². The molecule has 1 saturated heterocycles. The summed E-state index contributed by atoms with van der Waals surface area (Å²) < 4.78 is 10.4. The number of carbonyl (C=O) groups excluding carboxylic acids is 1. The van der Waals surface area contributed by atoms with Gasteiger partial charge < -0.3 is 9.47 Å². The van der Waals surface area contributed by atoms with Crippen molar-refractivity contribution in [1.29, 1.82) is 0 Å². The topological polar surface area (TPSA) is 122 Å². The van der Waals surface area contributed by atoms with Crippen LogP contribution >= 0.6 is 11.8 Å². The lowest BCUT2D eigenvalue weighted by atomic mass is 10.2. The van der Waals surface area contributed by atoms with E-state index < -0.39 is 21.5 Å². The van der Waals surface area contributed by atoms with Crippen molar-refractivity contribution in [2.24, 2.45) is 0 Å². The van der Waals surface area contributed by atoms with Crippen molar-refractivity contribution < 1.29 is 24.1 Å². The predicted molar refractivity (Wildman–Crippen MR) is 80.4 cm³/mol. The minimum absolute atomic E-state index is 0.0855. The molecule has 0 radical (unpaired) electrons. The van der Waals surface area contributed by atoms with E-state index in [0.717, 1.165) is 36.7 Å². The number of hydrogen-bond donors (Lipinski definition) is 0. The van der Waals surface area contributed by atoms with Gasteiger partial charge in [-0.25, -0.2) is 0 Å². The Morgan fingerprint density at radius 3 is 2.74 bits per heavy atom. The fourth-order valence-corrected chi connectivity index (χ4v) is 2.83. The highest BCUT2D eigenvalue weighted by Gasteiger charge is 2.21. The number of thioether (sulfide) groups is 1. The molecule has 1 fully saturated rings. The first kappa shape index (κ1) is 17.2. The van der Waals surface area contributed by atoms with Crippen molar-refractivity contribution in [2.45, 2.75) is 23.8 Å². The van der Waals surface area contributed by atoms with Gasteiger partial charge in [-0.3, -0.25) is 25.0 Å². The smallest absolute Gasteiger partial charge is 0.316 e. The summed E-state index contributed by atoms with van der Waals surface area (Å²) in [6, 6.07) is 3.29. The molecule has 23 heavy (non-hydrogen) atoms. The Hall–Kier alpha value is -2.20. The number of carbonyl (C=O) groups is 1. The van der Waals surface area contributed by atoms with Gasteiger partial charge in [-0.1, -0.05) is 0 Å². The van der Waals surface area contributed by atoms with Crippen LogP contribution in [-0.4, -0.2) is 40.9 Å². The van der Waals surface area contributed by atoms with Crippen LogP contribution in [0.3, 0.4) is 0 Å². The molecule has 0 bridgehead atoms. The van der Waals surface area contributed by atoms with Crippen LogP contribution in [0.2, 0.25) is 0 Å². The van der Waals surface area contributed by atoms with E-state index in [1.807, 2.05) is 0 Å². The summed E-state index contributed by atoms with van der Waals surface area (Å²) in [6.07, 6.45) is 1.69. The van der Waals surface area contributed by atoms with E-state index >= 15 is 0 Å². The van der Waals surface area contributed by atoms with Gasteiger partial charge in [0.25, 0.3) is 11.4 Å². The predicted octanol–water partition coefficient (Wildman–Crippen LogP) is 2.32. The molecule has 1 heterocycles. The molecule has 10 heteroatoms. The first-order valence-electron chi connectivity index (χ1n) is 6.80. The third kappa shape index (κ3) is 4.89. The fraction of sp³-hybridized carbons (Fsp3) is 0.462. The fourth-order valence-electron chi connectivity index (χ4n) is 2.02. The average molecular weight is 342 g/mol. The lowest BCUT2D eigenvalue weighted by molar-refractivity contribution is -0.396. The number of rotatable bonds is 7. The Kier molecular flexibility index (Phi) is 5.88. The van der Waals surface area contributed by atoms with E-state index in [9.17, 15) is 25.0 Å². The Morgan fingerprint density at radius 2 is 2.13 bits per heavy atom. The highest BCUT2D eigenvalue weighted by Crippen LogP contribution is 2.32. The van der Waals surface area contributed by atoms with Crippen LogP contribution in [0.1, 0.15) is 12.8 Å². The molecule has 9 nitrogen and oxygen atoms in total. The van der Waals surface area contributed by atoms with Crippen LogP contribution in [0, 0.1) is 20.2 Å². The molecule has 1 aliphatic rings. The maximum atomic E-state index is 11.7. The Balaban J connectivity index is 1.92. The number of nitro benzene ring substituents is 2. The van der Waals surface area contributed by atoms with Gasteiger partial charge in [0.1, 0.15) is 6.61 Å². The van der Waals surface area contributed by atoms with Gasteiger partial charge in [0.15, 0.2) is 0 Å². The van der Waals surface area contributed by atoms with Gasteiger partial charge in [-0.15, -0.1) is 11.8 Å². The van der Waals surface area contributed by atoms with Crippen LogP contribution in [-0.2, 0) is 14.3 Å². The second kappa shape index (κ2) is 7.88. The second-order valence-electron chi connectivity index (χ2n) is 4.77. The molecule has 0 saturated carbocycles. The molecule has 0 amide bonds. The van der Waals surface area contributed by atoms with Gasteiger partial charge >= 0.3 is 5.97 Å². The quantitative estimate of drug-likeness (QED) is 0.320. The maximum absolute atomic E-state index is 11.7. The molecule has 0 spiro atoms. The number of hydrogen-bond acceptors (Lipinski definition) is 8. The van der Waals surface area contributed by atoms with Gasteiger partial charge in [-0.2, -0.15) is 0 Å². The standard InChI is InChI=1S/C13H14N2O7S/c16-13(22-7-10-2-1-5-21-10)8-23-12-4-3-9(14(17)18)6-11(12)15(19)20/h3-4,6,10H,1-2,5,7-8H2/t10-/m1/s1. The number of nitro groups is 2. The molecule has 1 aromatic rings. The highest BCUT2D eigenvalue weighted by atomic mass is 32.2. The zero-order chi connectivity index (χ0) is 16.8. The van der Waals surface area contributed by atoms with Gasteiger partial charge in [0, 0.05) is 12.7 Å². The van der Waals surface area contributed by atoms with E-state index in [4.69, 9.17) is 9.47 Å². The van der Waals surface area contributed by atoms with Crippen molar-refractivity contribution >= 4 is 29.1 Å². The summed E-state index contributed by atoms with van der Waals surface area (Å²) in [4.78, 5) is 32.0. The molecule has 1 aromatic carbocycles. The third-order valence-corrected chi connectivity index (χ3v) is 4.19. The van der Waals surface area contributed by atoms with Crippen molar-refractivity contribution in [3.05, 3.63) is 38.4 Å². The molecule has 0 unspecified atom stereocenters. The molecular formula is C13H14N2O7S. The number of non-ortho nitro benzene ring substituents is 1. The van der Waals surface area contributed by atoms with Crippen LogP contribution in [0.15, 0.2) is 23.1 Å². The van der Waals surface area contributed by atoms with Gasteiger partial charge in [0.05, 0.1) is 32.7 Å². The molecule has 1 atom stereocenters. The third-order valence-electron chi connectivity index (χ3n) is 3.15. The van der Waals surface area contributed by atoms with Crippen molar-refractivity contribution in [2.75, 3.05) is 19.0 Å². The largest absolute Gasteiger partial charge is 0.462 e. The first-order chi connectivity index (χ1) is 11.0. The number of nitrogens with zero attached hydrogens (tertiary/aromatic N) is 2. The minimum Gasteiger partial charge on any atom is -0.462 e. The van der Waals surface area contributed by atoms with Crippen LogP contribution < -0.4 is 0 Å². The number of ether oxygens (including phenoxy) is 2. The molecule has 124 valence electrons. The van der Waals surface area contributed by atoms with Crippen molar-refractivity contribution in [1.82, 2.24) is 0 Å². The lowest BCUT2D eigenvalue weighted by Crippen LogP contribution is -2.18. The molecular weight excluding hydrogens is 328 g/mol. The van der Waals surface area contributed by atoms with E-state index in [1.54, 1.807) is 0 Å². The SMILES string of the molecule is O=C(CSc1ccc([N+](=O)[O-])cc1[N+](=O)[O-])OC[C@H]1CCCO1. The lowest BCUT2D eigenvalue weighted by Gasteiger charge is -2.10. The van der Waals surface area contributed by atoms with Crippen LogP contribution in [0.25, 0.3) is 0 Å². The average Bonchev–Trinajstić information content (AvgIpc) is 3.03. The molecule has 0 aromatic heterocycles. The van der Waals surface area contributed by atoms with Crippen molar-refractivity contribution in [3.63, 3.8) is 0 Å². The first-order valence-corrected chi connectivity index (χ1v) is 7.79. The zero-order valence-electron chi connectivity index (χ0n) is 12.0. The van der Waals surface area contributed by atoms with Gasteiger partial charge in [-0.05, 0) is 18.9 Å². The normalized spacial score (nSPS) is 17.0. The summed E-state index contributed by atoms with van der Waals surface area (Å²) in [6.45, 7) is 0.827. The molecule has 0 aliphatic carbocycles. The Bertz CT molecular complexity index is 616. The summed E-state index contributed by atoms with van der Waals surface area (Å²) in [5.74, 6) is -0.635. The summed E-state index contributed by atoms with van der Waals surface area (Å²) >= 11 is 0.907. The van der Waals surface area contributed by atoms with Gasteiger partial charge in [0.2, 0.25) is 0 Å². The van der Waals surface area contributed by atoms with Crippen LogP contribution in [0.4, 0.5) is 11.4 Å². The molecule has 2 rings (SSSR count). The van der Waals surface area contributed by atoms with Crippen LogP contribution in [0.5, 0.6) is 0 Å². The van der Waals surface area contributed by atoms with E-state index in [0.29, 0.717) is 6.61 Å². The summed E-state index contributed by atoms with van der Waals surface area (Å²) in [5.41, 5.74) is -0.780. The monoisotopic (exact) mass is 342 g/mol. The summed E-state index contributed by atoms with van der Waals surface area (Å²) in [7, 11) is 0. The minimum atomic E-state index is -0.715. The van der Waals surface area contributed by atoms with Crippen molar-refractivity contribution in [3.8, 4) is 0 Å². The Labute approximate surface area is 135 Å². The molecule has 1 aliphatic heterocycles. The van der Waals surface area contributed by atoms with E-state index in [-0.39, 0.29) is 29.0 Å². The Morgan fingerprint density at radius 1 is 1.35 bits per heavy atom. The van der Waals surface area contributed by atoms with E-state index in [1.165, 1.54) is 6.07 Å².